The second-order valence-corrected chi connectivity index (χ2v) is 11.9. The molecule has 0 saturated carbocycles. The summed E-state index contributed by atoms with van der Waals surface area (Å²) in [7, 11) is 5.94. The van der Waals surface area contributed by atoms with Crippen LogP contribution >= 0.6 is 0 Å². The van der Waals surface area contributed by atoms with Gasteiger partial charge in [-0.1, -0.05) is 12.1 Å². The first-order valence-electron chi connectivity index (χ1n) is 15.3. The predicted molar refractivity (Wildman–Crippen MR) is 178 cm³/mol. The topological polar surface area (TPSA) is 154 Å². The number of aryl methyl sites for hydroxylation is 3. The minimum Gasteiger partial charge on any atom is -0.472 e. The van der Waals surface area contributed by atoms with Crippen molar-refractivity contribution in [2.75, 3.05) is 62.8 Å². The highest BCUT2D eigenvalue weighted by molar-refractivity contribution is 6.06. The first kappa shape index (κ1) is 30.9. The number of benzene rings is 1. The van der Waals surface area contributed by atoms with E-state index < -0.39 is 0 Å². The number of nitrogens with zero attached hydrogens (tertiary/aromatic N) is 8. The van der Waals surface area contributed by atoms with Gasteiger partial charge in [-0.05, 0) is 46.0 Å². The van der Waals surface area contributed by atoms with E-state index in [1.165, 1.54) is 0 Å². The summed E-state index contributed by atoms with van der Waals surface area (Å²) in [6.07, 6.45) is 7.77. The molecule has 0 bridgehead atoms. The van der Waals surface area contributed by atoms with Gasteiger partial charge in [-0.25, -0.2) is 9.97 Å². The average Bonchev–Trinajstić information content (AvgIpc) is 3.73. The van der Waals surface area contributed by atoms with E-state index in [1.807, 2.05) is 65.5 Å². The molecule has 6 rings (SSSR count). The maximum Gasteiger partial charge on any atom is 0.238 e. The van der Waals surface area contributed by atoms with Crippen LogP contribution in [0.2, 0.25) is 0 Å². The van der Waals surface area contributed by atoms with Crippen LogP contribution in [-0.2, 0) is 11.8 Å². The number of ether oxygens (including phenoxy) is 1. The minimum absolute atomic E-state index is 0.0642. The molecule has 1 aromatic carbocycles. The predicted octanol–water partition coefficient (Wildman–Crippen LogP) is 3.57. The van der Waals surface area contributed by atoms with Gasteiger partial charge in [0.2, 0.25) is 17.7 Å². The van der Waals surface area contributed by atoms with Crippen LogP contribution in [0.15, 0.2) is 49.1 Å². The van der Waals surface area contributed by atoms with Gasteiger partial charge in [0.25, 0.3) is 0 Å². The molecule has 5 aromatic rings. The highest BCUT2D eigenvalue weighted by Crippen LogP contribution is 2.33. The van der Waals surface area contributed by atoms with E-state index >= 15 is 0 Å². The molecular formula is C32H40N12O2. The fourth-order valence-electron chi connectivity index (χ4n) is 5.46. The van der Waals surface area contributed by atoms with Gasteiger partial charge in [-0.2, -0.15) is 10.1 Å². The van der Waals surface area contributed by atoms with Crippen molar-refractivity contribution in [3.8, 4) is 17.1 Å². The summed E-state index contributed by atoms with van der Waals surface area (Å²) in [6.45, 7) is 7.26. The molecule has 14 heteroatoms. The van der Waals surface area contributed by atoms with Crippen LogP contribution in [0.4, 0.5) is 23.3 Å². The summed E-state index contributed by atoms with van der Waals surface area (Å²) in [5.74, 6) is 2.21. The number of amides is 1. The van der Waals surface area contributed by atoms with Gasteiger partial charge in [0, 0.05) is 68.3 Å². The lowest BCUT2D eigenvalue weighted by Gasteiger charge is -2.17. The number of rotatable bonds is 12. The Labute approximate surface area is 267 Å². The number of fused-ring (bicyclic) bond motifs is 1. The molecule has 14 nitrogen and oxygen atoms in total. The van der Waals surface area contributed by atoms with Gasteiger partial charge in [0.1, 0.15) is 11.9 Å². The van der Waals surface area contributed by atoms with Gasteiger partial charge in [-0.15, -0.1) is 0 Å². The van der Waals surface area contributed by atoms with Crippen LogP contribution < -0.4 is 20.7 Å². The number of hydrogen-bond acceptors (Lipinski definition) is 11. The second kappa shape index (κ2) is 13.5. The van der Waals surface area contributed by atoms with Crippen LogP contribution in [0.3, 0.4) is 0 Å². The summed E-state index contributed by atoms with van der Waals surface area (Å²) < 4.78 is 7.91. The molecule has 1 fully saturated rings. The SMILES string of the molecule is Cc1cnc(Nc2cc(C)n(C)n2)nc1-c1c[nH]c2c(NC(=O)CN3CC[C@H](Oc4cncc(NCCN(C)C)n4)C3)cccc12. The molecule has 1 amide bonds. The Morgan fingerprint density at radius 2 is 2.02 bits per heavy atom. The number of nitrogens with one attached hydrogen (secondary N) is 4. The molecule has 0 aliphatic carbocycles. The Balaban J connectivity index is 1.08. The van der Waals surface area contributed by atoms with E-state index in [4.69, 9.17) is 9.72 Å². The molecule has 0 radical (unpaired) electrons. The Morgan fingerprint density at radius 1 is 1.15 bits per heavy atom. The van der Waals surface area contributed by atoms with Crippen molar-refractivity contribution in [1.82, 2.24) is 44.5 Å². The van der Waals surface area contributed by atoms with Crippen LogP contribution in [0.1, 0.15) is 17.7 Å². The normalized spacial score (nSPS) is 15.0. The van der Waals surface area contributed by atoms with E-state index in [0.717, 1.165) is 59.5 Å². The third-order valence-electron chi connectivity index (χ3n) is 7.93. The molecule has 1 atom stereocenters. The van der Waals surface area contributed by atoms with Gasteiger partial charge in [0.15, 0.2) is 5.82 Å². The zero-order valence-electron chi connectivity index (χ0n) is 26.8. The monoisotopic (exact) mass is 624 g/mol. The van der Waals surface area contributed by atoms with E-state index in [0.29, 0.717) is 35.7 Å². The van der Waals surface area contributed by atoms with E-state index in [-0.39, 0.29) is 18.6 Å². The molecule has 4 aromatic heterocycles. The molecular weight excluding hydrogens is 584 g/mol. The number of carbonyl (C=O) groups excluding carboxylic acids is 1. The summed E-state index contributed by atoms with van der Waals surface area (Å²) in [5, 5.41) is 15.0. The lowest BCUT2D eigenvalue weighted by atomic mass is 10.1. The second-order valence-electron chi connectivity index (χ2n) is 11.9. The highest BCUT2D eigenvalue weighted by atomic mass is 16.5. The molecule has 0 unspecified atom stereocenters. The lowest BCUT2D eigenvalue weighted by molar-refractivity contribution is -0.117. The number of para-hydroxylation sites is 1. The summed E-state index contributed by atoms with van der Waals surface area (Å²) >= 11 is 0. The average molecular weight is 625 g/mol. The van der Waals surface area contributed by atoms with Crippen molar-refractivity contribution in [3.05, 3.63) is 60.3 Å². The number of H-pyrrole nitrogens is 1. The third kappa shape index (κ3) is 7.24. The first-order chi connectivity index (χ1) is 22.2. The van der Waals surface area contributed by atoms with Crippen LogP contribution in [-0.4, -0.2) is 103 Å². The Hall–Kier alpha value is -5.08. The Kier molecular flexibility index (Phi) is 9.08. The first-order valence-corrected chi connectivity index (χ1v) is 15.3. The molecule has 0 spiro atoms. The van der Waals surface area contributed by atoms with Crippen molar-refractivity contribution in [1.29, 1.82) is 0 Å². The summed E-state index contributed by atoms with van der Waals surface area (Å²) in [5.41, 5.74) is 5.22. The summed E-state index contributed by atoms with van der Waals surface area (Å²) in [4.78, 5) is 38.8. The van der Waals surface area contributed by atoms with E-state index in [9.17, 15) is 4.79 Å². The number of likely N-dealkylation sites (tertiary alicyclic amines) is 1. The van der Waals surface area contributed by atoms with Gasteiger partial charge in [-0.3, -0.25) is 19.4 Å². The number of likely N-dealkylation sites (N-methyl/N-ethyl adjacent to an activating group) is 1. The lowest BCUT2D eigenvalue weighted by Crippen LogP contribution is -2.33. The Morgan fingerprint density at radius 3 is 2.83 bits per heavy atom. The highest BCUT2D eigenvalue weighted by Gasteiger charge is 2.26. The van der Waals surface area contributed by atoms with Crippen molar-refractivity contribution in [3.63, 3.8) is 0 Å². The maximum absolute atomic E-state index is 13.2. The molecule has 1 aliphatic rings. The standard InChI is InChI=1S/C32H40N12O2/c1-20-14-36-32(39-26-13-21(2)43(5)41-26)40-30(20)24-15-35-31-23(24)7-6-8-25(31)37-28(45)19-44-11-9-22(18-44)46-29-17-33-16-27(38-29)34-10-12-42(3)4/h6-8,13-17,22,35H,9-12,18-19H2,1-5H3,(H,34,38)(H,37,45)(H,36,39,40,41)/t22-/m0/s1. The number of carbonyl (C=O) groups is 1. The fraction of sp³-hybridized carbons (Fsp3) is 0.375. The van der Waals surface area contributed by atoms with Crippen molar-refractivity contribution in [2.24, 2.45) is 7.05 Å². The Bertz CT molecular complexity index is 1810. The van der Waals surface area contributed by atoms with Gasteiger partial charge in [0.05, 0.1) is 35.8 Å². The molecule has 1 aliphatic heterocycles. The molecule has 240 valence electrons. The van der Waals surface area contributed by atoms with Crippen molar-refractivity contribution >= 4 is 40.1 Å². The molecule has 46 heavy (non-hydrogen) atoms. The summed E-state index contributed by atoms with van der Waals surface area (Å²) in [6, 6.07) is 7.80. The third-order valence-corrected chi connectivity index (χ3v) is 7.93. The van der Waals surface area contributed by atoms with E-state index in [2.05, 4.69) is 50.8 Å². The number of hydrogen-bond donors (Lipinski definition) is 4. The number of aromatic nitrogens is 7. The number of aromatic amines is 1. The maximum atomic E-state index is 13.2. The largest absolute Gasteiger partial charge is 0.472 e. The molecule has 5 heterocycles. The number of anilines is 4. The molecule has 1 saturated heterocycles. The fourth-order valence-corrected chi connectivity index (χ4v) is 5.46. The molecule has 4 N–H and O–H groups in total. The van der Waals surface area contributed by atoms with Crippen molar-refractivity contribution < 1.29 is 9.53 Å². The van der Waals surface area contributed by atoms with Crippen LogP contribution in [0.5, 0.6) is 5.88 Å². The smallest absolute Gasteiger partial charge is 0.238 e. The van der Waals surface area contributed by atoms with Gasteiger partial charge >= 0.3 is 0 Å². The zero-order chi connectivity index (χ0) is 32.2. The van der Waals surface area contributed by atoms with Crippen LogP contribution in [0, 0.1) is 13.8 Å². The van der Waals surface area contributed by atoms with Crippen molar-refractivity contribution in [2.45, 2.75) is 26.4 Å². The minimum atomic E-state index is -0.0912. The van der Waals surface area contributed by atoms with E-state index in [1.54, 1.807) is 23.3 Å². The quantitative estimate of drug-likeness (QED) is 0.161. The van der Waals surface area contributed by atoms with Crippen LogP contribution in [0.25, 0.3) is 22.2 Å². The zero-order valence-corrected chi connectivity index (χ0v) is 26.8. The van der Waals surface area contributed by atoms with Gasteiger partial charge < -0.3 is 30.6 Å².